The van der Waals surface area contributed by atoms with Crippen LogP contribution < -0.4 is 15.1 Å². The van der Waals surface area contributed by atoms with E-state index in [1.165, 1.54) is 0 Å². The lowest BCUT2D eigenvalue weighted by Gasteiger charge is -2.36. The first kappa shape index (κ1) is 20.8. The highest BCUT2D eigenvalue weighted by Crippen LogP contribution is 2.30. The van der Waals surface area contributed by atoms with Crippen molar-refractivity contribution in [1.82, 2.24) is 9.88 Å². The topological polar surface area (TPSA) is 64.8 Å². The number of carbonyl (C=O) groups excluding carboxylic acids is 1. The van der Waals surface area contributed by atoms with Crippen molar-refractivity contribution in [3.63, 3.8) is 0 Å². The first-order valence-electron chi connectivity index (χ1n) is 11.7. The molecule has 168 valence electrons. The summed E-state index contributed by atoms with van der Waals surface area (Å²) < 4.78 is 5.90. The number of para-hydroxylation sites is 4. The molecule has 2 aliphatic rings. The quantitative estimate of drug-likeness (QED) is 0.660. The van der Waals surface area contributed by atoms with E-state index in [4.69, 9.17) is 4.42 Å². The van der Waals surface area contributed by atoms with Gasteiger partial charge in [-0.1, -0.05) is 31.2 Å². The van der Waals surface area contributed by atoms with Crippen molar-refractivity contribution in [2.24, 2.45) is 5.92 Å². The Kier molecular flexibility index (Phi) is 5.99. The predicted molar refractivity (Wildman–Crippen MR) is 128 cm³/mol. The molecule has 2 aliphatic heterocycles. The second-order valence-corrected chi connectivity index (χ2v) is 8.65. The van der Waals surface area contributed by atoms with Crippen LogP contribution in [0.15, 0.2) is 52.9 Å². The minimum Gasteiger partial charge on any atom is -0.423 e. The minimum absolute atomic E-state index is 0.000577. The van der Waals surface area contributed by atoms with E-state index in [1.54, 1.807) is 0 Å². The Morgan fingerprint density at radius 1 is 0.969 bits per heavy atom. The van der Waals surface area contributed by atoms with Crippen LogP contribution >= 0.6 is 0 Å². The molecule has 32 heavy (non-hydrogen) atoms. The molecule has 0 spiro atoms. The van der Waals surface area contributed by atoms with Crippen molar-refractivity contribution >= 4 is 34.4 Å². The number of fused-ring (bicyclic) bond motifs is 1. The number of anilines is 3. The van der Waals surface area contributed by atoms with Gasteiger partial charge in [0.05, 0.1) is 11.4 Å². The molecule has 3 heterocycles. The molecule has 1 amide bonds. The van der Waals surface area contributed by atoms with E-state index in [0.717, 1.165) is 81.1 Å². The maximum absolute atomic E-state index is 13.1. The van der Waals surface area contributed by atoms with Crippen LogP contribution in [0.25, 0.3) is 11.1 Å². The summed E-state index contributed by atoms with van der Waals surface area (Å²) in [5, 5.41) is 3.23. The number of benzene rings is 2. The van der Waals surface area contributed by atoms with Gasteiger partial charge < -0.3 is 24.4 Å². The van der Waals surface area contributed by atoms with Crippen LogP contribution in [-0.4, -0.2) is 61.6 Å². The summed E-state index contributed by atoms with van der Waals surface area (Å²) in [6.45, 7) is 8.94. The second kappa shape index (κ2) is 9.20. The molecular formula is C25H31N5O2. The number of oxazole rings is 1. The molecule has 1 aromatic heterocycles. The normalized spacial score (nSPS) is 18.3. The zero-order valence-electron chi connectivity index (χ0n) is 18.7. The van der Waals surface area contributed by atoms with Crippen LogP contribution in [-0.2, 0) is 4.79 Å². The number of likely N-dealkylation sites (N-methyl/N-ethyl adjacent to an activating group) is 1. The van der Waals surface area contributed by atoms with Gasteiger partial charge in [0.25, 0.3) is 6.01 Å². The number of nitrogens with zero attached hydrogens (tertiary/aromatic N) is 4. The van der Waals surface area contributed by atoms with Gasteiger partial charge in [0.2, 0.25) is 5.91 Å². The fraction of sp³-hybridized carbons (Fsp3) is 0.440. The van der Waals surface area contributed by atoms with Gasteiger partial charge in [-0.05, 0) is 43.7 Å². The summed E-state index contributed by atoms with van der Waals surface area (Å²) in [5.41, 5.74) is 3.72. The van der Waals surface area contributed by atoms with E-state index < -0.39 is 0 Å². The van der Waals surface area contributed by atoms with Crippen LogP contribution in [0.1, 0.15) is 19.8 Å². The summed E-state index contributed by atoms with van der Waals surface area (Å²) >= 11 is 0. The number of piperidine rings is 1. The van der Waals surface area contributed by atoms with Gasteiger partial charge in [-0.3, -0.25) is 4.79 Å². The van der Waals surface area contributed by atoms with E-state index in [2.05, 4.69) is 44.1 Å². The fourth-order valence-electron chi connectivity index (χ4n) is 4.72. The van der Waals surface area contributed by atoms with E-state index in [0.29, 0.717) is 6.01 Å². The predicted octanol–water partition coefficient (Wildman–Crippen LogP) is 3.82. The van der Waals surface area contributed by atoms with Crippen LogP contribution in [0.4, 0.5) is 17.4 Å². The Hall–Kier alpha value is -3.06. The lowest BCUT2D eigenvalue weighted by atomic mass is 9.96. The monoisotopic (exact) mass is 433 g/mol. The summed E-state index contributed by atoms with van der Waals surface area (Å²) in [7, 11) is 0. The molecule has 0 saturated carbocycles. The van der Waals surface area contributed by atoms with E-state index in [1.807, 2.05) is 36.4 Å². The third kappa shape index (κ3) is 4.30. The Morgan fingerprint density at radius 2 is 1.69 bits per heavy atom. The zero-order valence-corrected chi connectivity index (χ0v) is 18.7. The Bertz CT molecular complexity index is 1030. The molecular weight excluding hydrogens is 402 g/mol. The SMILES string of the molecule is CCN1CCN(c2ccccc2NC(=O)C2CCN(c3nc4ccccc4o3)CC2)CC1. The molecule has 0 radical (unpaired) electrons. The van der Waals surface area contributed by atoms with E-state index >= 15 is 0 Å². The highest BCUT2D eigenvalue weighted by Gasteiger charge is 2.28. The second-order valence-electron chi connectivity index (χ2n) is 8.65. The van der Waals surface area contributed by atoms with Crippen LogP contribution in [0.2, 0.25) is 0 Å². The third-order valence-electron chi connectivity index (χ3n) is 6.74. The summed E-state index contributed by atoms with van der Waals surface area (Å²) in [5.74, 6) is 0.113. The van der Waals surface area contributed by atoms with Crippen molar-refractivity contribution in [1.29, 1.82) is 0 Å². The molecule has 2 saturated heterocycles. The highest BCUT2D eigenvalue weighted by molar-refractivity contribution is 5.96. The molecule has 7 nitrogen and oxygen atoms in total. The van der Waals surface area contributed by atoms with Crippen molar-refractivity contribution in [3.05, 3.63) is 48.5 Å². The van der Waals surface area contributed by atoms with Gasteiger partial charge in [0, 0.05) is 45.2 Å². The van der Waals surface area contributed by atoms with Gasteiger partial charge in [-0.2, -0.15) is 4.98 Å². The van der Waals surface area contributed by atoms with Crippen molar-refractivity contribution in [2.75, 3.05) is 60.9 Å². The lowest BCUT2D eigenvalue weighted by Crippen LogP contribution is -2.46. The number of amides is 1. The molecule has 0 bridgehead atoms. The largest absolute Gasteiger partial charge is 0.423 e. The number of hydrogen-bond donors (Lipinski definition) is 1. The zero-order chi connectivity index (χ0) is 21.9. The standard InChI is InChI=1S/C25H31N5O2/c1-2-28-15-17-29(18-16-28)22-9-5-3-7-20(22)26-24(31)19-11-13-30(14-12-19)25-27-21-8-4-6-10-23(21)32-25/h3-10,19H,2,11-18H2,1H3,(H,26,31). The van der Waals surface area contributed by atoms with E-state index in [-0.39, 0.29) is 11.8 Å². The molecule has 5 rings (SSSR count). The molecule has 7 heteroatoms. The Balaban J connectivity index is 1.20. The number of nitrogens with one attached hydrogen (secondary N) is 1. The molecule has 0 unspecified atom stereocenters. The number of carbonyl (C=O) groups is 1. The van der Waals surface area contributed by atoms with E-state index in [9.17, 15) is 4.79 Å². The molecule has 0 atom stereocenters. The Labute approximate surface area is 189 Å². The first-order valence-corrected chi connectivity index (χ1v) is 11.7. The lowest BCUT2D eigenvalue weighted by molar-refractivity contribution is -0.120. The van der Waals surface area contributed by atoms with Gasteiger partial charge in [0.15, 0.2) is 5.58 Å². The maximum atomic E-state index is 13.1. The minimum atomic E-state index is 0.000577. The summed E-state index contributed by atoms with van der Waals surface area (Å²) in [6, 6.07) is 16.7. The molecule has 0 aliphatic carbocycles. The van der Waals surface area contributed by atoms with Crippen molar-refractivity contribution in [3.8, 4) is 0 Å². The molecule has 2 aromatic carbocycles. The smallest absolute Gasteiger partial charge is 0.298 e. The Morgan fingerprint density at radius 3 is 2.44 bits per heavy atom. The highest BCUT2D eigenvalue weighted by atomic mass is 16.4. The van der Waals surface area contributed by atoms with Gasteiger partial charge in [-0.15, -0.1) is 0 Å². The van der Waals surface area contributed by atoms with Crippen molar-refractivity contribution < 1.29 is 9.21 Å². The maximum Gasteiger partial charge on any atom is 0.298 e. The number of hydrogen-bond acceptors (Lipinski definition) is 6. The third-order valence-corrected chi connectivity index (χ3v) is 6.74. The number of aromatic nitrogens is 1. The number of piperazine rings is 1. The van der Waals surface area contributed by atoms with Crippen LogP contribution in [0, 0.1) is 5.92 Å². The van der Waals surface area contributed by atoms with Crippen LogP contribution in [0.3, 0.4) is 0 Å². The number of rotatable bonds is 5. The van der Waals surface area contributed by atoms with Crippen molar-refractivity contribution in [2.45, 2.75) is 19.8 Å². The molecule has 2 fully saturated rings. The molecule has 1 N–H and O–H groups in total. The summed E-state index contributed by atoms with van der Waals surface area (Å²) in [6.07, 6.45) is 1.59. The van der Waals surface area contributed by atoms with Gasteiger partial charge in [0.1, 0.15) is 5.52 Å². The van der Waals surface area contributed by atoms with Gasteiger partial charge >= 0.3 is 0 Å². The average Bonchev–Trinajstić information content (AvgIpc) is 3.29. The average molecular weight is 434 g/mol. The fourth-order valence-corrected chi connectivity index (χ4v) is 4.72. The van der Waals surface area contributed by atoms with Gasteiger partial charge in [-0.25, -0.2) is 0 Å². The first-order chi connectivity index (χ1) is 15.7. The molecule has 3 aromatic rings. The summed E-state index contributed by atoms with van der Waals surface area (Å²) in [4.78, 5) is 24.7. The van der Waals surface area contributed by atoms with Crippen LogP contribution in [0.5, 0.6) is 0 Å².